The maximum Gasteiger partial charge on any atom is 0.421 e. The molecule has 86 valence electrons. The minimum absolute atomic E-state index is 0.159. The van der Waals surface area contributed by atoms with Crippen LogP contribution in [0.4, 0.5) is 10.5 Å². The van der Waals surface area contributed by atoms with Crippen molar-refractivity contribution in [3.63, 3.8) is 0 Å². The molecule has 0 unspecified atom stereocenters. The first kappa shape index (κ1) is 11.0. The molecule has 0 aliphatic carbocycles. The predicted octanol–water partition coefficient (Wildman–Crippen LogP) is 1.21. The molecule has 0 saturated carbocycles. The van der Waals surface area contributed by atoms with Crippen LogP contribution in [-0.4, -0.2) is 29.1 Å². The number of carbonyl (C=O) groups excluding carboxylic acids is 2. The van der Waals surface area contributed by atoms with Gasteiger partial charge in [0.2, 0.25) is 0 Å². The smallest absolute Gasteiger partial charge is 0.421 e. The van der Waals surface area contributed by atoms with E-state index in [1.54, 1.807) is 31.2 Å². The van der Waals surface area contributed by atoms with Gasteiger partial charge in [-0.1, -0.05) is 12.1 Å². The number of anilines is 1. The molecule has 0 spiro atoms. The van der Waals surface area contributed by atoms with Crippen molar-refractivity contribution >= 4 is 23.4 Å². The Morgan fingerprint density at radius 3 is 2.82 bits per heavy atom. The molecule has 2 amide bonds. The summed E-state index contributed by atoms with van der Waals surface area (Å²) in [5.74, 6) is -0.688. The molecule has 0 N–H and O–H groups in total. The summed E-state index contributed by atoms with van der Waals surface area (Å²) < 4.78 is 4.78. The van der Waals surface area contributed by atoms with E-state index in [2.05, 4.69) is 4.79 Å². The summed E-state index contributed by atoms with van der Waals surface area (Å²) >= 11 is 0. The number of rotatable bonds is 1. The Kier molecular flexibility index (Phi) is 2.72. The Hall–Kier alpha value is -2.46. The molecule has 0 atom stereocenters. The van der Waals surface area contributed by atoms with Gasteiger partial charge in [-0.2, -0.15) is 4.79 Å². The van der Waals surface area contributed by atoms with Crippen molar-refractivity contribution in [1.29, 1.82) is 0 Å². The molecular formula is C11H9N3O3. The number of benzene rings is 1. The summed E-state index contributed by atoms with van der Waals surface area (Å²) in [4.78, 5) is 27.2. The molecule has 0 radical (unpaired) electrons. The van der Waals surface area contributed by atoms with Gasteiger partial charge in [0, 0.05) is 0 Å². The number of hydrogen-bond donors (Lipinski definition) is 0. The van der Waals surface area contributed by atoms with Crippen LogP contribution in [0.3, 0.4) is 0 Å². The zero-order chi connectivity index (χ0) is 12.4. The number of hydrogen-bond acceptors (Lipinski definition) is 3. The van der Waals surface area contributed by atoms with Crippen molar-refractivity contribution in [3.8, 4) is 0 Å². The molecule has 6 nitrogen and oxygen atoms in total. The van der Waals surface area contributed by atoms with Crippen LogP contribution in [0.5, 0.6) is 0 Å². The zero-order valence-corrected chi connectivity index (χ0v) is 9.08. The van der Waals surface area contributed by atoms with Crippen molar-refractivity contribution in [2.75, 3.05) is 11.5 Å². The van der Waals surface area contributed by atoms with Gasteiger partial charge in [0.25, 0.3) is 0 Å². The molecule has 1 aromatic carbocycles. The average Bonchev–Trinajstić information content (AvgIpc) is 2.61. The van der Waals surface area contributed by atoms with Crippen LogP contribution < -0.4 is 4.90 Å². The lowest BCUT2D eigenvalue weighted by molar-refractivity contribution is -0.115. The highest BCUT2D eigenvalue weighted by molar-refractivity contribution is 6.56. The van der Waals surface area contributed by atoms with Gasteiger partial charge in [0.1, 0.15) is 0 Å². The van der Waals surface area contributed by atoms with Crippen molar-refractivity contribution in [1.82, 2.24) is 0 Å². The number of carbonyl (C=O) groups is 2. The highest BCUT2D eigenvalue weighted by atomic mass is 16.6. The molecule has 0 saturated heterocycles. The number of ether oxygens (including phenoxy) is 1. The Bertz CT molecular complexity index is 547. The maximum atomic E-state index is 11.8. The van der Waals surface area contributed by atoms with E-state index < -0.39 is 12.0 Å². The summed E-state index contributed by atoms with van der Waals surface area (Å²) in [6.07, 6.45) is -0.774. The zero-order valence-electron chi connectivity index (χ0n) is 9.08. The molecule has 1 aliphatic heterocycles. The van der Waals surface area contributed by atoms with Crippen molar-refractivity contribution in [3.05, 3.63) is 35.4 Å². The minimum atomic E-state index is -0.774. The van der Waals surface area contributed by atoms with Crippen molar-refractivity contribution < 1.29 is 19.1 Å². The third kappa shape index (κ3) is 1.60. The molecular weight excluding hydrogens is 222 g/mol. The fourth-order valence-electron chi connectivity index (χ4n) is 1.67. The first-order chi connectivity index (χ1) is 8.20. The number of amides is 2. The molecule has 1 aromatic rings. The van der Waals surface area contributed by atoms with Gasteiger partial charge in [0.15, 0.2) is 0 Å². The Labute approximate surface area is 97.0 Å². The van der Waals surface area contributed by atoms with Gasteiger partial charge in [-0.05, 0) is 19.1 Å². The second-order valence-electron chi connectivity index (χ2n) is 3.31. The van der Waals surface area contributed by atoms with E-state index in [9.17, 15) is 9.59 Å². The van der Waals surface area contributed by atoms with Crippen molar-refractivity contribution in [2.24, 2.45) is 0 Å². The Morgan fingerprint density at radius 1 is 1.47 bits per heavy atom. The lowest BCUT2D eigenvalue weighted by atomic mass is 10.1. The second-order valence-corrected chi connectivity index (χ2v) is 3.31. The van der Waals surface area contributed by atoms with Crippen LogP contribution in [0, 0.1) is 0 Å². The third-order valence-corrected chi connectivity index (χ3v) is 2.36. The molecule has 1 aliphatic rings. The molecule has 0 aromatic heterocycles. The lowest BCUT2D eigenvalue weighted by Crippen LogP contribution is -2.36. The summed E-state index contributed by atoms with van der Waals surface area (Å²) in [6.45, 7) is 1.81. The van der Waals surface area contributed by atoms with Gasteiger partial charge in [-0.15, -0.1) is 0 Å². The molecule has 0 fully saturated rings. The van der Waals surface area contributed by atoms with E-state index in [0.29, 0.717) is 11.3 Å². The largest absolute Gasteiger partial charge is 0.449 e. The topological polar surface area (TPSA) is 83.0 Å². The van der Waals surface area contributed by atoms with Gasteiger partial charge >= 0.3 is 17.7 Å². The van der Waals surface area contributed by atoms with E-state index in [0.717, 1.165) is 4.90 Å². The van der Waals surface area contributed by atoms with Gasteiger partial charge in [-0.25, -0.2) is 9.69 Å². The molecule has 2 rings (SSSR count). The van der Waals surface area contributed by atoms with Gasteiger partial charge in [-0.3, -0.25) is 4.79 Å². The van der Waals surface area contributed by atoms with E-state index in [1.807, 2.05) is 0 Å². The average molecular weight is 231 g/mol. The summed E-state index contributed by atoms with van der Waals surface area (Å²) in [5.41, 5.74) is 9.42. The van der Waals surface area contributed by atoms with Gasteiger partial charge in [0.05, 0.1) is 17.9 Å². The first-order valence-corrected chi connectivity index (χ1v) is 5.03. The highest BCUT2D eigenvalue weighted by Gasteiger charge is 2.44. The molecule has 1 heterocycles. The van der Waals surface area contributed by atoms with Gasteiger partial charge < -0.3 is 10.3 Å². The predicted molar refractivity (Wildman–Crippen MR) is 58.7 cm³/mol. The SMILES string of the molecule is CCOC(=O)N1C(=O)C(=[N+]=[N-])c2ccccc21. The van der Waals surface area contributed by atoms with E-state index in [1.165, 1.54) is 0 Å². The fraction of sp³-hybridized carbons (Fsp3) is 0.182. The third-order valence-electron chi connectivity index (χ3n) is 2.36. The normalized spacial score (nSPS) is 13.4. The standard InChI is InChI=1S/C11H9N3O3/c1-2-17-11(16)14-8-6-4-3-5-7(8)9(13-12)10(14)15/h3-6H,2H2,1H3. The number of para-hydroxylation sites is 1. The number of fused-ring (bicyclic) bond motifs is 1. The number of nitrogens with zero attached hydrogens (tertiary/aromatic N) is 3. The summed E-state index contributed by atoms with van der Waals surface area (Å²) in [7, 11) is 0. The quantitative estimate of drug-likeness (QED) is 0.538. The molecule has 6 heteroatoms. The van der Waals surface area contributed by atoms with Crippen LogP contribution in [0.1, 0.15) is 12.5 Å². The second kappa shape index (κ2) is 4.19. The number of imide groups is 1. The van der Waals surface area contributed by atoms with Crippen LogP contribution in [0.25, 0.3) is 5.53 Å². The highest BCUT2D eigenvalue weighted by Crippen LogP contribution is 2.28. The monoisotopic (exact) mass is 231 g/mol. The van der Waals surface area contributed by atoms with Crippen LogP contribution >= 0.6 is 0 Å². The Morgan fingerprint density at radius 2 is 2.18 bits per heavy atom. The minimum Gasteiger partial charge on any atom is -0.449 e. The maximum absolute atomic E-state index is 11.8. The molecule has 17 heavy (non-hydrogen) atoms. The van der Waals surface area contributed by atoms with E-state index >= 15 is 0 Å². The van der Waals surface area contributed by atoms with Crippen LogP contribution in [0.2, 0.25) is 0 Å². The molecule has 0 bridgehead atoms. The van der Waals surface area contributed by atoms with Crippen LogP contribution in [-0.2, 0) is 9.53 Å². The Balaban J connectivity index is 2.53. The summed E-state index contributed by atoms with van der Waals surface area (Å²) in [6, 6.07) is 6.55. The first-order valence-electron chi connectivity index (χ1n) is 5.03. The van der Waals surface area contributed by atoms with E-state index in [-0.39, 0.29) is 12.3 Å². The van der Waals surface area contributed by atoms with Crippen molar-refractivity contribution in [2.45, 2.75) is 6.92 Å². The fourth-order valence-corrected chi connectivity index (χ4v) is 1.67. The lowest BCUT2D eigenvalue weighted by Gasteiger charge is -2.12. The van der Waals surface area contributed by atoms with Crippen LogP contribution in [0.15, 0.2) is 24.3 Å². The van der Waals surface area contributed by atoms with E-state index in [4.69, 9.17) is 10.3 Å². The summed E-state index contributed by atoms with van der Waals surface area (Å²) in [5, 5.41) is 0.